The SMILES string of the molecule is CCCCCCCCC(=O)Nc1cc(O)cc(OC)c1. The number of amides is 1. The summed E-state index contributed by atoms with van der Waals surface area (Å²) in [6, 6.07) is 4.71. The smallest absolute Gasteiger partial charge is 0.224 e. The Kier molecular flexibility index (Phi) is 7.55. The maximum absolute atomic E-state index is 11.8. The van der Waals surface area contributed by atoms with E-state index in [1.807, 2.05) is 0 Å². The molecule has 0 bridgehead atoms. The Morgan fingerprint density at radius 2 is 1.85 bits per heavy atom. The number of hydrogen-bond acceptors (Lipinski definition) is 3. The van der Waals surface area contributed by atoms with Crippen molar-refractivity contribution in [3.63, 3.8) is 0 Å². The minimum Gasteiger partial charge on any atom is -0.508 e. The first-order valence-corrected chi connectivity index (χ1v) is 7.33. The van der Waals surface area contributed by atoms with E-state index in [0.717, 1.165) is 12.8 Å². The monoisotopic (exact) mass is 279 g/mol. The minimum atomic E-state index is -0.0202. The standard InChI is InChI=1S/C16H25NO3/c1-3-4-5-6-7-8-9-16(19)17-13-10-14(18)12-15(11-13)20-2/h10-12,18H,3-9H2,1-2H3,(H,17,19). The molecule has 1 aromatic carbocycles. The maximum atomic E-state index is 11.8. The number of unbranched alkanes of at least 4 members (excludes halogenated alkanes) is 5. The number of nitrogens with one attached hydrogen (secondary N) is 1. The number of benzene rings is 1. The molecule has 4 nitrogen and oxygen atoms in total. The van der Waals surface area contributed by atoms with Gasteiger partial charge in [-0.15, -0.1) is 0 Å². The average molecular weight is 279 g/mol. The van der Waals surface area contributed by atoms with Crippen LogP contribution in [-0.2, 0) is 4.79 Å². The summed E-state index contributed by atoms with van der Waals surface area (Å²) in [6.45, 7) is 2.19. The van der Waals surface area contributed by atoms with Crippen molar-refractivity contribution in [3.05, 3.63) is 18.2 Å². The molecule has 0 heterocycles. The van der Waals surface area contributed by atoms with Gasteiger partial charge in [-0.2, -0.15) is 0 Å². The van der Waals surface area contributed by atoms with Crippen LogP contribution in [0.2, 0.25) is 0 Å². The van der Waals surface area contributed by atoms with Gasteiger partial charge in [-0.25, -0.2) is 0 Å². The van der Waals surface area contributed by atoms with Crippen LogP contribution in [0.4, 0.5) is 5.69 Å². The van der Waals surface area contributed by atoms with Crippen molar-refractivity contribution < 1.29 is 14.6 Å². The molecule has 0 aliphatic carbocycles. The fourth-order valence-electron chi connectivity index (χ4n) is 2.06. The summed E-state index contributed by atoms with van der Waals surface area (Å²) >= 11 is 0. The molecular weight excluding hydrogens is 254 g/mol. The highest BCUT2D eigenvalue weighted by atomic mass is 16.5. The van der Waals surface area contributed by atoms with E-state index in [0.29, 0.717) is 17.9 Å². The van der Waals surface area contributed by atoms with E-state index < -0.39 is 0 Å². The predicted molar refractivity (Wildman–Crippen MR) is 81.3 cm³/mol. The number of hydrogen-bond donors (Lipinski definition) is 2. The molecule has 0 aliphatic heterocycles. The van der Waals surface area contributed by atoms with Gasteiger partial charge in [0.2, 0.25) is 5.91 Å². The Morgan fingerprint density at radius 1 is 1.15 bits per heavy atom. The molecule has 0 saturated heterocycles. The first-order chi connectivity index (χ1) is 9.65. The zero-order chi connectivity index (χ0) is 14.8. The van der Waals surface area contributed by atoms with Gasteiger partial charge in [-0.3, -0.25) is 4.79 Å². The summed E-state index contributed by atoms with van der Waals surface area (Å²) in [4.78, 5) is 11.8. The van der Waals surface area contributed by atoms with E-state index in [9.17, 15) is 9.90 Å². The van der Waals surface area contributed by atoms with Crippen molar-refractivity contribution in [2.75, 3.05) is 12.4 Å². The van der Waals surface area contributed by atoms with Crippen molar-refractivity contribution in [2.45, 2.75) is 51.9 Å². The zero-order valence-electron chi connectivity index (χ0n) is 12.4. The molecule has 2 N–H and O–H groups in total. The molecular formula is C16H25NO3. The number of aromatic hydroxyl groups is 1. The van der Waals surface area contributed by atoms with Gasteiger partial charge in [-0.1, -0.05) is 39.0 Å². The molecule has 1 rings (SSSR count). The largest absolute Gasteiger partial charge is 0.508 e. The van der Waals surface area contributed by atoms with Gasteiger partial charge in [0.25, 0.3) is 0 Å². The summed E-state index contributed by atoms with van der Waals surface area (Å²) in [5.74, 6) is 0.590. The first kappa shape index (κ1) is 16.3. The Bertz CT molecular complexity index is 418. The molecule has 0 radical (unpaired) electrons. The van der Waals surface area contributed by atoms with E-state index in [1.54, 1.807) is 6.07 Å². The van der Waals surface area contributed by atoms with Gasteiger partial charge in [0.1, 0.15) is 11.5 Å². The highest BCUT2D eigenvalue weighted by Crippen LogP contribution is 2.25. The number of rotatable bonds is 9. The van der Waals surface area contributed by atoms with Crippen molar-refractivity contribution in [1.82, 2.24) is 0 Å². The number of carbonyl (C=O) groups is 1. The lowest BCUT2D eigenvalue weighted by molar-refractivity contribution is -0.116. The second-order valence-electron chi connectivity index (χ2n) is 4.99. The Labute approximate surface area is 121 Å². The molecule has 0 atom stereocenters. The second kappa shape index (κ2) is 9.23. The number of ether oxygens (including phenoxy) is 1. The third-order valence-electron chi connectivity index (χ3n) is 3.17. The molecule has 0 unspecified atom stereocenters. The quantitative estimate of drug-likeness (QED) is 0.669. The molecule has 4 heteroatoms. The molecule has 0 saturated carbocycles. The molecule has 0 fully saturated rings. The molecule has 0 spiro atoms. The predicted octanol–water partition coefficient (Wildman–Crippen LogP) is 4.09. The summed E-state index contributed by atoms with van der Waals surface area (Å²) in [5.41, 5.74) is 0.567. The number of phenolic OH excluding ortho intramolecular Hbond substituents is 1. The number of carbonyl (C=O) groups excluding carboxylic acids is 1. The van der Waals surface area contributed by atoms with Crippen molar-refractivity contribution >= 4 is 11.6 Å². The Balaban J connectivity index is 2.30. The van der Waals surface area contributed by atoms with Crippen LogP contribution in [0.15, 0.2) is 18.2 Å². The van der Waals surface area contributed by atoms with Crippen LogP contribution in [0, 0.1) is 0 Å². The first-order valence-electron chi connectivity index (χ1n) is 7.33. The molecule has 0 aliphatic rings. The highest BCUT2D eigenvalue weighted by Gasteiger charge is 2.05. The normalized spacial score (nSPS) is 10.3. The number of methoxy groups -OCH3 is 1. The van der Waals surface area contributed by atoms with Crippen molar-refractivity contribution in [2.24, 2.45) is 0 Å². The van der Waals surface area contributed by atoms with E-state index in [1.165, 1.54) is 44.9 Å². The second-order valence-corrected chi connectivity index (χ2v) is 4.99. The lowest BCUT2D eigenvalue weighted by Crippen LogP contribution is -2.11. The van der Waals surface area contributed by atoms with Gasteiger partial charge in [0.15, 0.2) is 0 Å². The van der Waals surface area contributed by atoms with Gasteiger partial charge >= 0.3 is 0 Å². The van der Waals surface area contributed by atoms with E-state index >= 15 is 0 Å². The average Bonchev–Trinajstić information content (AvgIpc) is 2.42. The van der Waals surface area contributed by atoms with Crippen LogP contribution in [0.1, 0.15) is 51.9 Å². The summed E-state index contributed by atoms with van der Waals surface area (Å²) in [6.07, 6.45) is 7.48. The van der Waals surface area contributed by atoms with Crippen LogP contribution >= 0.6 is 0 Å². The van der Waals surface area contributed by atoms with Crippen LogP contribution < -0.4 is 10.1 Å². The van der Waals surface area contributed by atoms with Crippen molar-refractivity contribution in [3.8, 4) is 11.5 Å². The number of phenols is 1. The summed E-state index contributed by atoms with van der Waals surface area (Å²) in [7, 11) is 1.52. The highest BCUT2D eigenvalue weighted by molar-refractivity contribution is 5.91. The van der Waals surface area contributed by atoms with Crippen molar-refractivity contribution in [1.29, 1.82) is 0 Å². The third kappa shape index (κ3) is 6.45. The molecule has 1 aromatic rings. The van der Waals surface area contributed by atoms with E-state index in [2.05, 4.69) is 12.2 Å². The Morgan fingerprint density at radius 3 is 2.55 bits per heavy atom. The van der Waals surface area contributed by atoms with Gasteiger partial charge < -0.3 is 15.2 Å². The topological polar surface area (TPSA) is 58.6 Å². The maximum Gasteiger partial charge on any atom is 0.224 e. The van der Waals surface area contributed by atoms with Gasteiger partial charge in [0, 0.05) is 30.3 Å². The zero-order valence-corrected chi connectivity index (χ0v) is 12.4. The van der Waals surface area contributed by atoms with Crippen LogP contribution in [0.5, 0.6) is 11.5 Å². The van der Waals surface area contributed by atoms with Crippen LogP contribution in [0.25, 0.3) is 0 Å². The minimum absolute atomic E-state index is 0.0202. The number of anilines is 1. The summed E-state index contributed by atoms with van der Waals surface area (Å²) in [5, 5.41) is 12.3. The fraction of sp³-hybridized carbons (Fsp3) is 0.562. The summed E-state index contributed by atoms with van der Waals surface area (Å²) < 4.78 is 5.04. The van der Waals surface area contributed by atoms with Gasteiger partial charge in [0.05, 0.1) is 7.11 Å². The van der Waals surface area contributed by atoms with Crippen LogP contribution in [-0.4, -0.2) is 18.1 Å². The molecule has 0 aromatic heterocycles. The molecule has 112 valence electrons. The third-order valence-corrected chi connectivity index (χ3v) is 3.17. The van der Waals surface area contributed by atoms with E-state index in [-0.39, 0.29) is 11.7 Å². The fourth-order valence-corrected chi connectivity index (χ4v) is 2.06. The lowest BCUT2D eigenvalue weighted by atomic mass is 10.1. The molecule has 20 heavy (non-hydrogen) atoms. The van der Waals surface area contributed by atoms with E-state index in [4.69, 9.17) is 4.74 Å². The van der Waals surface area contributed by atoms with Crippen LogP contribution in [0.3, 0.4) is 0 Å². The lowest BCUT2D eigenvalue weighted by Gasteiger charge is -2.08. The Hall–Kier alpha value is -1.71. The van der Waals surface area contributed by atoms with Gasteiger partial charge in [-0.05, 0) is 6.42 Å². The molecule has 1 amide bonds.